The van der Waals surface area contributed by atoms with E-state index in [4.69, 9.17) is 0 Å². The summed E-state index contributed by atoms with van der Waals surface area (Å²) in [7, 11) is 0. The highest BCUT2D eigenvalue weighted by Gasteiger charge is 2.26. The van der Waals surface area contributed by atoms with Crippen LogP contribution in [0.2, 0.25) is 0 Å². The van der Waals surface area contributed by atoms with Crippen LogP contribution in [-0.4, -0.2) is 29.2 Å². The first-order valence-electron chi connectivity index (χ1n) is 11.1. The molecule has 0 saturated carbocycles. The third-order valence-corrected chi connectivity index (χ3v) is 6.00. The maximum absolute atomic E-state index is 12.7. The van der Waals surface area contributed by atoms with Gasteiger partial charge in [-0.05, 0) is 61.6 Å². The van der Waals surface area contributed by atoms with Gasteiger partial charge in [-0.2, -0.15) is 0 Å². The second-order valence-electron chi connectivity index (χ2n) is 8.67. The Bertz CT molecular complexity index is 1020. The highest BCUT2D eigenvalue weighted by molar-refractivity contribution is 5.92. The second kappa shape index (κ2) is 9.29. The minimum Gasteiger partial charge on any atom is -0.355 e. The minimum absolute atomic E-state index is 0.0283. The van der Waals surface area contributed by atoms with Gasteiger partial charge in [-0.3, -0.25) is 4.79 Å². The molecule has 160 valence electrons. The van der Waals surface area contributed by atoms with Crippen LogP contribution in [0.4, 0.5) is 11.5 Å². The summed E-state index contributed by atoms with van der Waals surface area (Å²) in [6, 6.07) is 20.5. The molecule has 5 heteroatoms. The monoisotopic (exact) mass is 414 g/mol. The molecule has 1 amide bonds. The first kappa shape index (κ1) is 21.0. The number of nitrogens with one attached hydrogen (secondary N) is 1. The summed E-state index contributed by atoms with van der Waals surface area (Å²) in [5.74, 6) is 1.50. The Kier molecular flexibility index (Phi) is 6.31. The van der Waals surface area contributed by atoms with E-state index in [1.165, 1.54) is 11.1 Å². The van der Waals surface area contributed by atoms with Gasteiger partial charge in [0.1, 0.15) is 0 Å². The van der Waals surface area contributed by atoms with E-state index in [2.05, 4.69) is 71.5 Å². The molecule has 5 nitrogen and oxygen atoms in total. The molecule has 1 N–H and O–H groups in total. The van der Waals surface area contributed by atoms with Gasteiger partial charge in [0, 0.05) is 30.3 Å². The van der Waals surface area contributed by atoms with E-state index in [1.807, 2.05) is 30.3 Å². The highest BCUT2D eigenvalue weighted by atomic mass is 16.1. The molecule has 0 unspecified atom stereocenters. The summed E-state index contributed by atoms with van der Waals surface area (Å²) in [6.07, 6.45) is 1.63. The molecule has 1 fully saturated rings. The topological polar surface area (TPSA) is 58.1 Å². The van der Waals surface area contributed by atoms with Gasteiger partial charge in [0.15, 0.2) is 5.82 Å². The number of piperidine rings is 1. The van der Waals surface area contributed by atoms with Crippen molar-refractivity contribution >= 4 is 17.4 Å². The molecule has 1 saturated heterocycles. The molecule has 0 spiro atoms. The molecule has 31 heavy (non-hydrogen) atoms. The Balaban J connectivity index is 1.32. The number of benzene rings is 2. The number of rotatable bonds is 5. The largest absolute Gasteiger partial charge is 0.355 e. The SMILES string of the molecule is Cc1cccc(-c2ccc(N3CCC(C(=O)Nc4ccc(C(C)C)cc4)CC3)nn2)c1. The predicted octanol–water partition coefficient (Wildman–Crippen LogP) is 5.43. The third kappa shape index (κ3) is 5.10. The molecule has 1 aliphatic heterocycles. The van der Waals surface area contributed by atoms with Crippen molar-refractivity contribution in [3.8, 4) is 11.3 Å². The Morgan fingerprint density at radius 3 is 2.35 bits per heavy atom. The number of aryl methyl sites for hydroxylation is 1. The molecule has 0 aliphatic carbocycles. The summed E-state index contributed by atoms with van der Waals surface area (Å²) in [6.45, 7) is 8.03. The maximum atomic E-state index is 12.7. The lowest BCUT2D eigenvalue weighted by molar-refractivity contribution is -0.120. The van der Waals surface area contributed by atoms with E-state index in [0.717, 1.165) is 48.7 Å². The van der Waals surface area contributed by atoms with E-state index in [1.54, 1.807) is 0 Å². The van der Waals surface area contributed by atoms with Crippen LogP contribution in [0.1, 0.15) is 43.7 Å². The maximum Gasteiger partial charge on any atom is 0.227 e. The van der Waals surface area contributed by atoms with Crippen molar-refractivity contribution in [3.63, 3.8) is 0 Å². The average molecular weight is 415 g/mol. The molecule has 1 aliphatic rings. The van der Waals surface area contributed by atoms with Crippen LogP contribution in [0.5, 0.6) is 0 Å². The van der Waals surface area contributed by atoms with Crippen LogP contribution >= 0.6 is 0 Å². The lowest BCUT2D eigenvalue weighted by Gasteiger charge is -2.31. The fourth-order valence-electron chi connectivity index (χ4n) is 4.02. The van der Waals surface area contributed by atoms with Crippen LogP contribution in [0, 0.1) is 12.8 Å². The van der Waals surface area contributed by atoms with Crippen molar-refractivity contribution in [2.24, 2.45) is 5.92 Å². The summed E-state index contributed by atoms with van der Waals surface area (Å²) >= 11 is 0. The van der Waals surface area contributed by atoms with Gasteiger partial charge in [0.05, 0.1) is 5.69 Å². The lowest BCUT2D eigenvalue weighted by Crippen LogP contribution is -2.38. The average Bonchev–Trinajstić information content (AvgIpc) is 2.80. The first-order chi connectivity index (χ1) is 15.0. The van der Waals surface area contributed by atoms with Crippen molar-refractivity contribution in [2.75, 3.05) is 23.3 Å². The molecule has 4 rings (SSSR count). The quantitative estimate of drug-likeness (QED) is 0.605. The van der Waals surface area contributed by atoms with Crippen LogP contribution < -0.4 is 10.2 Å². The Morgan fingerprint density at radius 2 is 1.74 bits per heavy atom. The van der Waals surface area contributed by atoms with Crippen molar-refractivity contribution in [2.45, 2.75) is 39.5 Å². The molecule has 2 heterocycles. The molecule has 0 radical (unpaired) electrons. The van der Waals surface area contributed by atoms with E-state index in [0.29, 0.717) is 5.92 Å². The number of anilines is 2. The van der Waals surface area contributed by atoms with E-state index in [9.17, 15) is 4.79 Å². The van der Waals surface area contributed by atoms with E-state index in [-0.39, 0.29) is 11.8 Å². The smallest absolute Gasteiger partial charge is 0.227 e. The van der Waals surface area contributed by atoms with Crippen LogP contribution in [0.15, 0.2) is 60.7 Å². The van der Waals surface area contributed by atoms with Crippen molar-refractivity contribution in [1.29, 1.82) is 0 Å². The number of carbonyl (C=O) groups is 1. The summed E-state index contributed by atoms with van der Waals surface area (Å²) in [4.78, 5) is 14.9. The Hall–Kier alpha value is -3.21. The molecular formula is C26H30N4O. The zero-order valence-corrected chi connectivity index (χ0v) is 18.5. The standard InChI is InChI=1S/C26H30N4O/c1-18(2)20-7-9-23(10-8-20)27-26(31)21-13-15-30(16-14-21)25-12-11-24(28-29-25)22-6-4-5-19(3)17-22/h4-12,17-18,21H,13-16H2,1-3H3,(H,27,31). The first-order valence-corrected chi connectivity index (χ1v) is 11.1. The summed E-state index contributed by atoms with van der Waals surface area (Å²) in [5, 5.41) is 11.9. The fourth-order valence-corrected chi connectivity index (χ4v) is 4.02. The molecule has 2 aromatic carbocycles. The van der Waals surface area contributed by atoms with Crippen LogP contribution in [-0.2, 0) is 4.79 Å². The Morgan fingerprint density at radius 1 is 1.00 bits per heavy atom. The van der Waals surface area contributed by atoms with Crippen LogP contribution in [0.3, 0.4) is 0 Å². The van der Waals surface area contributed by atoms with Gasteiger partial charge in [-0.15, -0.1) is 10.2 Å². The highest BCUT2D eigenvalue weighted by Crippen LogP contribution is 2.25. The number of aromatic nitrogens is 2. The van der Waals surface area contributed by atoms with Gasteiger partial charge in [-0.25, -0.2) is 0 Å². The molecule has 1 aromatic heterocycles. The fraction of sp³-hybridized carbons (Fsp3) is 0.346. The van der Waals surface area contributed by atoms with Crippen molar-refractivity contribution in [3.05, 3.63) is 71.8 Å². The van der Waals surface area contributed by atoms with Crippen molar-refractivity contribution < 1.29 is 4.79 Å². The second-order valence-corrected chi connectivity index (χ2v) is 8.67. The van der Waals surface area contributed by atoms with E-state index >= 15 is 0 Å². The number of hydrogen-bond acceptors (Lipinski definition) is 4. The molecule has 0 bridgehead atoms. The summed E-state index contributed by atoms with van der Waals surface area (Å²) in [5.41, 5.74) is 5.32. The summed E-state index contributed by atoms with van der Waals surface area (Å²) < 4.78 is 0. The zero-order valence-electron chi connectivity index (χ0n) is 18.5. The van der Waals surface area contributed by atoms with Crippen molar-refractivity contribution in [1.82, 2.24) is 10.2 Å². The number of amides is 1. The van der Waals surface area contributed by atoms with Gasteiger partial charge in [-0.1, -0.05) is 49.7 Å². The van der Waals surface area contributed by atoms with E-state index < -0.39 is 0 Å². The number of hydrogen-bond donors (Lipinski definition) is 1. The molecule has 3 aromatic rings. The lowest BCUT2D eigenvalue weighted by atomic mass is 9.95. The van der Waals surface area contributed by atoms with Gasteiger partial charge in [0.2, 0.25) is 5.91 Å². The van der Waals surface area contributed by atoms with Gasteiger partial charge < -0.3 is 10.2 Å². The predicted molar refractivity (Wildman–Crippen MR) is 126 cm³/mol. The van der Waals surface area contributed by atoms with Gasteiger partial charge >= 0.3 is 0 Å². The number of nitrogens with zero attached hydrogens (tertiary/aromatic N) is 3. The van der Waals surface area contributed by atoms with Gasteiger partial charge in [0.25, 0.3) is 0 Å². The van der Waals surface area contributed by atoms with Crippen LogP contribution in [0.25, 0.3) is 11.3 Å². The normalized spacial score (nSPS) is 14.6. The Labute approximate surface area is 184 Å². The number of carbonyl (C=O) groups excluding carboxylic acids is 1. The third-order valence-electron chi connectivity index (χ3n) is 6.00. The molecule has 0 atom stereocenters. The zero-order chi connectivity index (χ0) is 21.8. The minimum atomic E-state index is 0.0283. The molecular weight excluding hydrogens is 384 g/mol.